The van der Waals surface area contributed by atoms with Gasteiger partial charge >= 0.3 is 0 Å². The number of β-amino-alcohol motifs (C(OH)–C–C–N with tert-alkyl or cyclic N) is 1. The molecule has 0 bridgehead atoms. The van der Waals surface area contributed by atoms with Gasteiger partial charge in [-0.05, 0) is 12.1 Å². The zero-order valence-corrected chi connectivity index (χ0v) is 12.7. The largest absolute Gasteiger partial charge is 0.395 e. The second kappa shape index (κ2) is 6.89. The van der Waals surface area contributed by atoms with Crippen LogP contribution >= 0.6 is 0 Å². The first-order valence-electron chi connectivity index (χ1n) is 7.61. The predicted molar refractivity (Wildman–Crippen MR) is 83.4 cm³/mol. The van der Waals surface area contributed by atoms with Gasteiger partial charge in [-0.2, -0.15) is 5.10 Å². The number of rotatable bonds is 4. The maximum Gasteiger partial charge on any atom is 0.257 e. The Balaban J connectivity index is 1.77. The molecule has 122 valence electrons. The number of H-pyrrole nitrogens is 1. The van der Waals surface area contributed by atoms with Gasteiger partial charge in [0, 0.05) is 38.3 Å². The molecule has 1 aromatic heterocycles. The Morgan fingerprint density at radius 2 is 2.00 bits per heavy atom. The second-order valence-corrected chi connectivity index (χ2v) is 5.50. The number of carbonyl (C=O) groups is 1. The van der Waals surface area contributed by atoms with E-state index < -0.39 is 5.82 Å². The average molecular weight is 318 g/mol. The van der Waals surface area contributed by atoms with Crippen molar-refractivity contribution in [1.82, 2.24) is 20.0 Å². The minimum atomic E-state index is -0.390. The zero-order valence-electron chi connectivity index (χ0n) is 12.7. The number of aliphatic hydroxyl groups is 1. The molecule has 0 unspecified atom stereocenters. The van der Waals surface area contributed by atoms with Gasteiger partial charge in [0.2, 0.25) is 0 Å². The lowest BCUT2D eigenvalue weighted by Gasteiger charge is -2.34. The van der Waals surface area contributed by atoms with Crippen molar-refractivity contribution in [3.05, 3.63) is 41.8 Å². The first-order chi connectivity index (χ1) is 11.2. The molecule has 2 aromatic rings. The van der Waals surface area contributed by atoms with Crippen molar-refractivity contribution in [1.29, 1.82) is 0 Å². The fraction of sp³-hybridized carbons (Fsp3) is 0.375. The number of aliphatic hydroxyl groups excluding tert-OH is 1. The van der Waals surface area contributed by atoms with Crippen LogP contribution in [-0.2, 0) is 0 Å². The minimum Gasteiger partial charge on any atom is -0.395 e. The Kier molecular flexibility index (Phi) is 4.68. The molecular weight excluding hydrogens is 299 g/mol. The molecular formula is C16H19FN4O2. The Labute approximate surface area is 133 Å². The van der Waals surface area contributed by atoms with E-state index in [4.69, 9.17) is 5.11 Å². The van der Waals surface area contributed by atoms with E-state index in [2.05, 4.69) is 15.1 Å². The summed E-state index contributed by atoms with van der Waals surface area (Å²) >= 11 is 0. The summed E-state index contributed by atoms with van der Waals surface area (Å²) < 4.78 is 14.0. The van der Waals surface area contributed by atoms with E-state index in [0.717, 1.165) is 13.1 Å². The van der Waals surface area contributed by atoms with Gasteiger partial charge in [0.05, 0.1) is 24.1 Å². The lowest BCUT2D eigenvalue weighted by molar-refractivity contribution is 0.0616. The van der Waals surface area contributed by atoms with Crippen molar-refractivity contribution in [2.75, 3.05) is 39.3 Å². The zero-order chi connectivity index (χ0) is 16.2. The summed E-state index contributed by atoms with van der Waals surface area (Å²) in [6.07, 6.45) is 1.45. The molecule has 1 amide bonds. The van der Waals surface area contributed by atoms with Crippen LogP contribution in [0.15, 0.2) is 30.5 Å². The molecule has 1 saturated heterocycles. The molecule has 7 heteroatoms. The average Bonchev–Trinajstić information content (AvgIpc) is 3.05. The third-order valence-electron chi connectivity index (χ3n) is 4.09. The van der Waals surface area contributed by atoms with Crippen molar-refractivity contribution in [3.8, 4) is 11.3 Å². The van der Waals surface area contributed by atoms with E-state index in [9.17, 15) is 9.18 Å². The molecule has 2 N–H and O–H groups in total. The standard InChI is InChI=1S/C16H19FN4O2/c17-14-4-2-1-3-12(14)15-13(11-18-19-15)16(23)21-7-5-20(6-8-21)9-10-22/h1-4,11,22H,5-10H2,(H,18,19). The van der Waals surface area contributed by atoms with Crippen molar-refractivity contribution in [3.63, 3.8) is 0 Å². The molecule has 2 heterocycles. The first kappa shape index (κ1) is 15.6. The first-order valence-corrected chi connectivity index (χ1v) is 7.61. The number of amides is 1. The highest BCUT2D eigenvalue weighted by Gasteiger charge is 2.25. The molecule has 23 heavy (non-hydrogen) atoms. The highest BCUT2D eigenvalue weighted by molar-refractivity contribution is 5.99. The molecule has 1 aliphatic heterocycles. The molecule has 0 radical (unpaired) electrons. The normalized spacial score (nSPS) is 15.8. The third kappa shape index (κ3) is 3.25. The van der Waals surface area contributed by atoms with Crippen LogP contribution in [-0.4, -0.2) is 70.3 Å². The minimum absolute atomic E-state index is 0.118. The number of benzene rings is 1. The van der Waals surface area contributed by atoms with Crippen molar-refractivity contribution < 1.29 is 14.3 Å². The number of aromatic nitrogens is 2. The number of piperazine rings is 1. The van der Waals surface area contributed by atoms with E-state index in [-0.39, 0.29) is 12.5 Å². The van der Waals surface area contributed by atoms with Crippen LogP contribution in [0.5, 0.6) is 0 Å². The number of nitrogens with zero attached hydrogens (tertiary/aromatic N) is 3. The Morgan fingerprint density at radius 3 is 2.70 bits per heavy atom. The molecule has 0 spiro atoms. The van der Waals surface area contributed by atoms with Gasteiger partial charge in [0.15, 0.2) is 0 Å². The van der Waals surface area contributed by atoms with Crippen LogP contribution in [0.25, 0.3) is 11.3 Å². The van der Waals surface area contributed by atoms with Crippen molar-refractivity contribution in [2.45, 2.75) is 0 Å². The summed E-state index contributed by atoms with van der Waals surface area (Å²) in [7, 11) is 0. The fourth-order valence-corrected chi connectivity index (χ4v) is 2.80. The number of halogens is 1. The van der Waals surface area contributed by atoms with Crippen LogP contribution in [0.3, 0.4) is 0 Å². The van der Waals surface area contributed by atoms with E-state index >= 15 is 0 Å². The lowest BCUT2D eigenvalue weighted by atomic mass is 10.1. The van der Waals surface area contributed by atoms with Gasteiger partial charge in [-0.1, -0.05) is 12.1 Å². The molecule has 6 nitrogen and oxygen atoms in total. The van der Waals surface area contributed by atoms with Gasteiger partial charge in [-0.25, -0.2) is 4.39 Å². The van der Waals surface area contributed by atoms with Gasteiger partial charge in [0.25, 0.3) is 5.91 Å². The second-order valence-electron chi connectivity index (χ2n) is 5.50. The van der Waals surface area contributed by atoms with Crippen LogP contribution in [0, 0.1) is 5.82 Å². The van der Waals surface area contributed by atoms with Crippen LogP contribution in [0.2, 0.25) is 0 Å². The van der Waals surface area contributed by atoms with Crippen LogP contribution in [0.1, 0.15) is 10.4 Å². The third-order valence-corrected chi connectivity index (χ3v) is 4.09. The van der Waals surface area contributed by atoms with Crippen LogP contribution in [0.4, 0.5) is 4.39 Å². The molecule has 0 saturated carbocycles. The van der Waals surface area contributed by atoms with E-state index in [1.807, 2.05) is 0 Å². The highest BCUT2D eigenvalue weighted by atomic mass is 19.1. The number of carbonyl (C=O) groups excluding carboxylic acids is 1. The Morgan fingerprint density at radius 1 is 1.26 bits per heavy atom. The summed E-state index contributed by atoms with van der Waals surface area (Å²) in [5, 5.41) is 15.6. The Bertz CT molecular complexity index is 680. The molecule has 3 rings (SSSR count). The maximum absolute atomic E-state index is 14.0. The smallest absolute Gasteiger partial charge is 0.257 e. The monoisotopic (exact) mass is 318 g/mol. The summed E-state index contributed by atoms with van der Waals surface area (Å²) in [5.41, 5.74) is 1.13. The number of hydrogen-bond donors (Lipinski definition) is 2. The Hall–Kier alpha value is -2.25. The summed E-state index contributed by atoms with van der Waals surface area (Å²) in [6, 6.07) is 6.31. The lowest BCUT2D eigenvalue weighted by Crippen LogP contribution is -2.49. The molecule has 0 aliphatic carbocycles. The topological polar surface area (TPSA) is 72.5 Å². The SMILES string of the molecule is O=C(c1cn[nH]c1-c1ccccc1F)N1CCN(CCO)CC1. The van der Waals surface area contributed by atoms with Crippen molar-refractivity contribution >= 4 is 5.91 Å². The number of aromatic amines is 1. The van der Waals surface area contributed by atoms with Gasteiger partial charge < -0.3 is 10.0 Å². The van der Waals surface area contributed by atoms with E-state index in [1.165, 1.54) is 12.3 Å². The van der Waals surface area contributed by atoms with Gasteiger partial charge in [-0.15, -0.1) is 0 Å². The predicted octanol–water partition coefficient (Wildman–Crippen LogP) is 0.966. The maximum atomic E-state index is 14.0. The van der Waals surface area contributed by atoms with Gasteiger partial charge in [-0.3, -0.25) is 14.8 Å². The summed E-state index contributed by atoms with van der Waals surface area (Å²) in [4.78, 5) is 16.6. The highest BCUT2D eigenvalue weighted by Crippen LogP contribution is 2.25. The van der Waals surface area contributed by atoms with Crippen LogP contribution < -0.4 is 0 Å². The molecule has 1 aromatic carbocycles. The molecule has 0 atom stereocenters. The van der Waals surface area contributed by atoms with E-state index in [0.29, 0.717) is 36.5 Å². The quantitative estimate of drug-likeness (QED) is 0.881. The fourth-order valence-electron chi connectivity index (χ4n) is 2.80. The van der Waals surface area contributed by atoms with E-state index in [1.54, 1.807) is 23.1 Å². The summed E-state index contributed by atoms with van der Waals surface area (Å²) in [5.74, 6) is -0.542. The summed E-state index contributed by atoms with van der Waals surface area (Å²) in [6.45, 7) is 3.35. The molecule has 1 fully saturated rings. The number of nitrogens with one attached hydrogen (secondary N) is 1. The number of hydrogen-bond acceptors (Lipinski definition) is 4. The van der Waals surface area contributed by atoms with Crippen molar-refractivity contribution in [2.24, 2.45) is 0 Å². The molecule has 1 aliphatic rings. The van der Waals surface area contributed by atoms with Gasteiger partial charge in [0.1, 0.15) is 5.82 Å².